The number of aromatic nitrogens is 3. The molecule has 0 radical (unpaired) electrons. The summed E-state index contributed by atoms with van der Waals surface area (Å²) in [6, 6.07) is 7.90. The first-order valence-corrected chi connectivity index (χ1v) is 13.3. The smallest absolute Gasteiger partial charge is 0.261 e. The lowest BCUT2D eigenvalue weighted by atomic mass is 9.85. The minimum absolute atomic E-state index is 0.0815. The zero-order valence-corrected chi connectivity index (χ0v) is 21.5. The van der Waals surface area contributed by atoms with E-state index >= 15 is 0 Å². The van der Waals surface area contributed by atoms with Gasteiger partial charge in [-0.05, 0) is 62.4 Å². The van der Waals surface area contributed by atoms with Gasteiger partial charge < -0.3 is 24.9 Å². The molecule has 2 aromatic heterocycles. The van der Waals surface area contributed by atoms with Gasteiger partial charge in [0.2, 0.25) is 0 Å². The monoisotopic (exact) mass is 502 g/mol. The molecule has 2 atom stereocenters. The highest BCUT2D eigenvalue weighted by Crippen LogP contribution is 2.38. The number of amides is 1. The molecule has 2 aliphatic heterocycles. The number of hydrogen-bond donors (Lipinski definition) is 2. The third-order valence-corrected chi connectivity index (χ3v) is 8.46. The van der Waals surface area contributed by atoms with E-state index in [1.165, 1.54) is 6.42 Å². The maximum atomic E-state index is 13.2. The van der Waals surface area contributed by atoms with E-state index in [4.69, 9.17) is 9.84 Å². The SMILES string of the molecule is C/N=C\C1CCCC[C@@H]1n1nc(Nc2ccc3c(c2)CN(C2(C)CCOCC2)C3=O)c2c(=O)[nH]ccc21. The molecule has 1 saturated carbocycles. The number of carbonyl (C=O) groups excluding carboxylic acids is 1. The fraction of sp³-hybridized carbons (Fsp3) is 0.500. The van der Waals surface area contributed by atoms with Crippen molar-refractivity contribution in [1.82, 2.24) is 19.7 Å². The summed E-state index contributed by atoms with van der Waals surface area (Å²) in [6.45, 7) is 4.10. The number of hydrogen-bond acceptors (Lipinski definition) is 6. The fourth-order valence-corrected chi connectivity index (χ4v) is 6.30. The standard InChI is InChI=1S/C28H34N6O3/c1-28(10-13-37-14-11-28)33-17-19-15-20(7-8-21(19)27(33)36)31-25-24-23(9-12-30-26(24)35)34(32-25)22-6-4-3-5-18(22)16-29-2/h7-9,12,15-16,18,22H,3-6,10-11,13-14,17H2,1-2H3,(H,30,35)(H,31,32)/b29-16-/t18?,22-/m0/s1. The van der Waals surface area contributed by atoms with E-state index in [9.17, 15) is 9.59 Å². The number of nitrogens with one attached hydrogen (secondary N) is 2. The predicted molar refractivity (Wildman–Crippen MR) is 144 cm³/mol. The molecule has 3 aliphatic rings. The van der Waals surface area contributed by atoms with Crippen LogP contribution in [0, 0.1) is 5.92 Å². The van der Waals surface area contributed by atoms with Crippen LogP contribution in [0.1, 0.15) is 67.4 Å². The molecular weight excluding hydrogens is 468 g/mol. The third kappa shape index (κ3) is 4.15. The first-order chi connectivity index (χ1) is 18.0. The lowest BCUT2D eigenvalue weighted by molar-refractivity contribution is -0.0110. The predicted octanol–water partition coefficient (Wildman–Crippen LogP) is 4.43. The van der Waals surface area contributed by atoms with Crippen LogP contribution >= 0.6 is 0 Å². The van der Waals surface area contributed by atoms with Crippen LogP contribution < -0.4 is 10.9 Å². The molecule has 3 aromatic rings. The minimum Gasteiger partial charge on any atom is -0.381 e. The average molecular weight is 503 g/mol. The lowest BCUT2D eigenvalue weighted by Crippen LogP contribution is -2.49. The van der Waals surface area contributed by atoms with E-state index in [1.807, 2.05) is 47.1 Å². The molecule has 2 fully saturated rings. The summed E-state index contributed by atoms with van der Waals surface area (Å²) < 4.78 is 7.56. The van der Waals surface area contributed by atoms with Gasteiger partial charge in [-0.25, -0.2) is 0 Å². The number of fused-ring (bicyclic) bond motifs is 2. The number of carbonyl (C=O) groups is 1. The summed E-state index contributed by atoms with van der Waals surface area (Å²) in [5, 5.41) is 8.90. The summed E-state index contributed by atoms with van der Waals surface area (Å²) in [4.78, 5) is 35.3. The summed E-state index contributed by atoms with van der Waals surface area (Å²) >= 11 is 0. The minimum atomic E-state index is -0.192. The van der Waals surface area contributed by atoms with Crippen molar-refractivity contribution in [3.8, 4) is 0 Å². The Bertz CT molecular complexity index is 1420. The second-order valence-corrected chi connectivity index (χ2v) is 10.8. The van der Waals surface area contributed by atoms with Gasteiger partial charge in [-0.3, -0.25) is 14.3 Å². The van der Waals surface area contributed by atoms with Gasteiger partial charge >= 0.3 is 0 Å². The van der Waals surface area contributed by atoms with Crippen LogP contribution in [-0.4, -0.2) is 57.6 Å². The van der Waals surface area contributed by atoms with E-state index < -0.39 is 0 Å². The van der Waals surface area contributed by atoms with Crippen LogP contribution in [0.25, 0.3) is 10.9 Å². The number of anilines is 2. The van der Waals surface area contributed by atoms with Crippen molar-refractivity contribution < 1.29 is 9.53 Å². The topological polar surface area (TPSA) is 105 Å². The zero-order valence-electron chi connectivity index (χ0n) is 21.5. The molecule has 9 nitrogen and oxygen atoms in total. The maximum absolute atomic E-state index is 13.2. The highest BCUT2D eigenvalue weighted by Gasteiger charge is 2.41. The molecule has 37 heavy (non-hydrogen) atoms. The van der Waals surface area contributed by atoms with Crippen LogP contribution in [-0.2, 0) is 11.3 Å². The highest BCUT2D eigenvalue weighted by molar-refractivity contribution is 5.99. The molecule has 9 heteroatoms. The van der Waals surface area contributed by atoms with Crippen molar-refractivity contribution in [3.05, 3.63) is 51.9 Å². The Morgan fingerprint density at radius 1 is 1.19 bits per heavy atom. The van der Waals surface area contributed by atoms with Gasteiger partial charge in [0, 0.05) is 61.9 Å². The number of aliphatic imine (C=N–C) groups is 1. The molecular formula is C28H34N6O3. The summed E-state index contributed by atoms with van der Waals surface area (Å²) in [5.41, 5.74) is 3.01. The molecule has 194 valence electrons. The molecule has 1 unspecified atom stereocenters. The van der Waals surface area contributed by atoms with Gasteiger partial charge in [0.1, 0.15) is 5.39 Å². The van der Waals surface area contributed by atoms with Crippen LogP contribution in [0.5, 0.6) is 0 Å². The Hall–Kier alpha value is -3.46. The fourth-order valence-electron chi connectivity index (χ4n) is 6.30. The van der Waals surface area contributed by atoms with Crippen LogP contribution in [0.3, 0.4) is 0 Å². The summed E-state index contributed by atoms with van der Waals surface area (Å²) in [7, 11) is 1.81. The van der Waals surface area contributed by atoms with Gasteiger partial charge in [0.15, 0.2) is 5.82 Å². The quantitative estimate of drug-likeness (QED) is 0.503. The van der Waals surface area contributed by atoms with Gasteiger partial charge in [-0.2, -0.15) is 5.10 Å². The first-order valence-electron chi connectivity index (χ1n) is 13.3. The van der Waals surface area contributed by atoms with Crippen LogP contribution in [0.2, 0.25) is 0 Å². The number of benzene rings is 1. The molecule has 1 saturated heterocycles. The van der Waals surface area contributed by atoms with Gasteiger partial charge in [0.05, 0.1) is 11.6 Å². The maximum Gasteiger partial charge on any atom is 0.261 e. The van der Waals surface area contributed by atoms with Gasteiger partial charge in [-0.1, -0.05) is 12.8 Å². The molecule has 6 rings (SSSR count). The normalized spacial score (nSPS) is 23.6. The number of aromatic amines is 1. The number of pyridine rings is 1. The summed E-state index contributed by atoms with van der Waals surface area (Å²) in [5.74, 6) is 0.905. The Kier molecular flexibility index (Phi) is 6.10. The second-order valence-electron chi connectivity index (χ2n) is 10.8. The Morgan fingerprint density at radius 3 is 2.81 bits per heavy atom. The second kappa shape index (κ2) is 9.45. The van der Waals surface area contributed by atoms with Crippen molar-refractivity contribution in [3.63, 3.8) is 0 Å². The van der Waals surface area contributed by atoms with Crippen molar-refractivity contribution in [2.24, 2.45) is 10.9 Å². The van der Waals surface area contributed by atoms with Crippen molar-refractivity contribution in [1.29, 1.82) is 0 Å². The lowest BCUT2D eigenvalue weighted by Gasteiger charge is -2.41. The van der Waals surface area contributed by atoms with Crippen molar-refractivity contribution in [2.75, 3.05) is 25.6 Å². The van der Waals surface area contributed by atoms with E-state index in [0.29, 0.717) is 31.0 Å². The number of H-pyrrole nitrogens is 1. The van der Waals surface area contributed by atoms with Crippen LogP contribution in [0.4, 0.5) is 11.5 Å². The molecule has 1 amide bonds. The number of rotatable bonds is 5. The van der Waals surface area contributed by atoms with Gasteiger partial charge in [-0.15, -0.1) is 0 Å². The molecule has 0 spiro atoms. The third-order valence-electron chi connectivity index (χ3n) is 8.46. The van der Waals surface area contributed by atoms with Crippen molar-refractivity contribution >= 4 is 34.5 Å². The van der Waals surface area contributed by atoms with E-state index in [-0.39, 0.29) is 29.0 Å². The Morgan fingerprint density at radius 2 is 2.00 bits per heavy atom. The van der Waals surface area contributed by atoms with Gasteiger partial charge in [0.25, 0.3) is 11.5 Å². The van der Waals surface area contributed by atoms with E-state index in [0.717, 1.165) is 54.4 Å². The average Bonchev–Trinajstić information content (AvgIpc) is 3.44. The molecule has 1 aliphatic carbocycles. The molecule has 2 N–H and O–H groups in total. The molecule has 0 bridgehead atoms. The van der Waals surface area contributed by atoms with Crippen molar-refractivity contribution in [2.45, 2.75) is 63.6 Å². The number of ether oxygens (including phenoxy) is 1. The Labute approximate surface area is 215 Å². The van der Waals surface area contributed by atoms with Crippen LogP contribution in [0.15, 0.2) is 40.2 Å². The van der Waals surface area contributed by atoms with E-state index in [1.54, 1.807) is 6.20 Å². The highest BCUT2D eigenvalue weighted by atomic mass is 16.5. The molecule has 4 heterocycles. The zero-order chi connectivity index (χ0) is 25.6. The number of nitrogens with zero attached hydrogens (tertiary/aromatic N) is 4. The Balaban J connectivity index is 1.33. The first kappa shape index (κ1) is 23.9. The summed E-state index contributed by atoms with van der Waals surface area (Å²) in [6.07, 6.45) is 9.77. The largest absolute Gasteiger partial charge is 0.381 e. The van der Waals surface area contributed by atoms with E-state index in [2.05, 4.69) is 22.2 Å². The molecule has 1 aromatic carbocycles.